The predicted octanol–water partition coefficient (Wildman–Crippen LogP) is 3.54. The molecular formula is C13H11N2. The Morgan fingerprint density at radius 1 is 1.27 bits per heavy atom. The maximum absolute atomic E-state index is 4.32. The number of hydrogen-bond donors (Lipinski definition) is 0. The molecule has 0 saturated heterocycles. The normalized spacial score (nSPS) is 26.9. The van der Waals surface area contributed by atoms with E-state index in [0.29, 0.717) is 5.92 Å². The third-order valence-electron chi connectivity index (χ3n) is 2.92. The van der Waals surface area contributed by atoms with E-state index in [1.54, 1.807) is 6.20 Å². The molecule has 1 aromatic rings. The monoisotopic (exact) mass is 195 g/mol. The van der Waals surface area contributed by atoms with Gasteiger partial charge in [0.05, 0.1) is 6.20 Å². The first-order valence-corrected chi connectivity index (χ1v) is 5.18. The summed E-state index contributed by atoms with van der Waals surface area (Å²) in [5.74, 6) is 0.349. The first kappa shape index (κ1) is 8.60. The lowest BCUT2D eigenvalue weighted by atomic mass is 9.90. The fraction of sp³-hybridized carbons (Fsp3) is 0.231. The molecule has 73 valence electrons. The first-order chi connectivity index (χ1) is 7.45. The van der Waals surface area contributed by atoms with Crippen LogP contribution in [0.3, 0.4) is 0 Å². The van der Waals surface area contributed by atoms with Gasteiger partial charge in [0, 0.05) is 5.92 Å². The zero-order chi connectivity index (χ0) is 10.1. The number of rotatable bonds is 0. The number of azo groups is 1. The summed E-state index contributed by atoms with van der Waals surface area (Å²) in [6, 6.07) is 8.53. The molecule has 1 aliphatic heterocycles. The summed E-state index contributed by atoms with van der Waals surface area (Å²) in [4.78, 5) is 0. The number of fused-ring (bicyclic) bond motifs is 3. The number of hydrogen-bond acceptors (Lipinski definition) is 2. The summed E-state index contributed by atoms with van der Waals surface area (Å²) in [7, 11) is 0. The zero-order valence-corrected chi connectivity index (χ0v) is 8.30. The second kappa shape index (κ2) is 3.46. The van der Waals surface area contributed by atoms with Crippen LogP contribution in [-0.2, 0) is 0 Å². The molecule has 2 atom stereocenters. The van der Waals surface area contributed by atoms with Gasteiger partial charge in [0.15, 0.2) is 0 Å². The third kappa shape index (κ3) is 1.42. The van der Waals surface area contributed by atoms with Crippen molar-refractivity contribution in [3.63, 3.8) is 0 Å². The van der Waals surface area contributed by atoms with Crippen molar-refractivity contribution in [2.24, 2.45) is 16.1 Å². The molecule has 0 aromatic heterocycles. The second-order valence-electron chi connectivity index (χ2n) is 3.85. The molecule has 1 aliphatic carbocycles. The van der Waals surface area contributed by atoms with Gasteiger partial charge in [-0.25, -0.2) is 0 Å². The summed E-state index contributed by atoms with van der Waals surface area (Å²) in [6.45, 7) is 0. The molecule has 0 amide bonds. The molecule has 0 fully saturated rings. The van der Waals surface area contributed by atoms with Gasteiger partial charge < -0.3 is 0 Å². The van der Waals surface area contributed by atoms with Crippen molar-refractivity contribution in [3.8, 4) is 0 Å². The molecule has 0 spiro atoms. The molecule has 15 heavy (non-hydrogen) atoms. The van der Waals surface area contributed by atoms with Gasteiger partial charge in [-0.3, -0.25) is 0 Å². The van der Waals surface area contributed by atoms with Crippen LogP contribution in [0, 0.1) is 12.0 Å². The molecule has 0 N–H and O–H groups in total. The average molecular weight is 195 g/mol. The standard InChI is InChI=1S/C13H11N2/c1-2-7-12-10(4-1)5-3-6-11-8-9-14-15-13(11)12/h1-5,7,9,11,13H,6H2. The van der Waals surface area contributed by atoms with Crippen LogP contribution in [0.25, 0.3) is 6.08 Å². The highest BCUT2D eigenvalue weighted by Crippen LogP contribution is 2.36. The van der Waals surface area contributed by atoms with E-state index < -0.39 is 0 Å². The minimum absolute atomic E-state index is 0.154. The minimum Gasteiger partial charge on any atom is -0.180 e. The van der Waals surface area contributed by atoms with Gasteiger partial charge in [0.25, 0.3) is 0 Å². The highest BCUT2D eigenvalue weighted by Gasteiger charge is 2.25. The average Bonchev–Trinajstić information content (AvgIpc) is 2.48. The third-order valence-corrected chi connectivity index (χ3v) is 2.92. The van der Waals surface area contributed by atoms with Crippen LogP contribution in [-0.4, -0.2) is 0 Å². The van der Waals surface area contributed by atoms with Crippen molar-refractivity contribution in [3.05, 3.63) is 53.7 Å². The predicted molar refractivity (Wildman–Crippen MR) is 59.0 cm³/mol. The van der Waals surface area contributed by atoms with Gasteiger partial charge in [-0.2, -0.15) is 10.2 Å². The molecule has 1 aromatic carbocycles. The smallest absolute Gasteiger partial charge is 0.104 e. The second-order valence-corrected chi connectivity index (χ2v) is 3.85. The Labute approximate surface area is 89.0 Å². The molecule has 2 nitrogen and oxygen atoms in total. The number of benzene rings is 1. The molecule has 1 radical (unpaired) electrons. The molecule has 1 heterocycles. The van der Waals surface area contributed by atoms with Gasteiger partial charge >= 0.3 is 0 Å². The first-order valence-electron chi connectivity index (χ1n) is 5.18. The SMILES string of the molecule is [C]1=CN=NC2c3ccccc3C=CCC12. The van der Waals surface area contributed by atoms with E-state index in [-0.39, 0.29) is 6.04 Å². The number of allylic oxidation sites excluding steroid dienone is 1. The van der Waals surface area contributed by atoms with E-state index in [1.807, 2.05) is 0 Å². The van der Waals surface area contributed by atoms with Crippen LogP contribution in [0.2, 0.25) is 0 Å². The molecule has 0 bridgehead atoms. The zero-order valence-electron chi connectivity index (χ0n) is 8.30. The maximum atomic E-state index is 4.32. The summed E-state index contributed by atoms with van der Waals surface area (Å²) in [6.07, 6.45) is 10.3. The van der Waals surface area contributed by atoms with Crippen LogP contribution in [0.5, 0.6) is 0 Å². The largest absolute Gasteiger partial charge is 0.180 e. The molecule has 3 rings (SSSR count). The van der Waals surface area contributed by atoms with Gasteiger partial charge in [-0.1, -0.05) is 36.4 Å². The Morgan fingerprint density at radius 2 is 2.20 bits per heavy atom. The molecule has 2 heteroatoms. The summed E-state index contributed by atoms with van der Waals surface area (Å²) < 4.78 is 0. The van der Waals surface area contributed by atoms with Crippen LogP contribution < -0.4 is 0 Å². The Morgan fingerprint density at radius 3 is 3.20 bits per heavy atom. The molecular weight excluding hydrogens is 184 g/mol. The van der Waals surface area contributed by atoms with Crippen LogP contribution in [0.4, 0.5) is 0 Å². The fourth-order valence-electron chi connectivity index (χ4n) is 2.16. The molecule has 2 aliphatic rings. The minimum atomic E-state index is 0.154. The van der Waals surface area contributed by atoms with E-state index in [1.165, 1.54) is 11.1 Å². The van der Waals surface area contributed by atoms with E-state index in [0.717, 1.165) is 6.42 Å². The Bertz CT molecular complexity index is 457. The summed E-state index contributed by atoms with van der Waals surface area (Å²) in [5.41, 5.74) is 2.52. The van der Waals surface area contributed by atoms with E-state index >= 15 is 0 Å². The number of nitrogens with zero attached hydrogens (tertiary/aromatic N) is 2. The molecule has 2 unspecified atom stereocenters. The van der Waals surface area contributed by atoms with Crippen molar-refractivity contribution >= 4 is 6.08 Å². The highest BCUT2D eigenvalue weighted by molar-refractivity contribution is 5.56. The summed E-state index contributed by atoms with van der Waals surface area (Å²) >= 11 is 0. The Hall–Kier alpha value is -1.70. The summed E-state index contributed by atoms with van der Waals surface area (Å²) in [5, 5.41) is 8.28. The maximum Gasteiger partial charge on any atom is 0.104 e. The highest BCUT2D eigenvalue weighted by atomic mass is 15.1. The van der Waals surface area contributed by atoms with Gasteiger partial charge in [-0.05, 0) is 23.6 Å². The van der Waals surface area contributed by atoms with Crippen molar-refractivity contribution in [1.82, 2.24) is 0 Å². The van der Waals surface area contributed by atoms with Gasteiger partial charge in [-0.15, -0.1) is 0 Å². The van der Waals surface area contributed by atoms with Crippen molar-refractivity contribution < 1.29 is 0 Å². The lowest BCUT2D eigenvalue weighted by molar-refractivity contribution is 0.485. The fourth-order valence-corrected chi connectivity index (χ4v) is 2.16. The van der Waals surface area contributed by atoms with Crippen LogP contribution in [0.1, 0.15) is 23.6 Å². The van der Waals surface area contributed by atoms with E-state index in [9.17, 15) is 0 Å². The molecule has 0 saturated carbocycles. The van der Waals surface area contributed by atoms with Crippen LogP contribution in [0.15, 0.2) is 46.8 Å². The van der Waals surface area contributed by atoms with E-state index in [2.05, 4.69) is 52.7 Å². The van der Waals surface area contributed by atoms with Crippen LogP contribution >= 0.6 is 0 Å². The van der Waals surface area contributed by atoms with Gasteiger partial charge in [0.2, 0.25) is 0 Å². The van der Waals surface area contributed by atoms with E-state index in [4.69, 9.17) is 0 Å². The lowest BCUT2D eigenvalue weighted by Gasteiger charge is -2.20. The van der Waals surface area contributed by atoms with Crippen molar-refractivity contribution in [1.29, 1.82) is 0 Å². The lowest BCUT2D eigenvalue weighted by Crippen LogP contribution is -2.10. The van der Waals surface area contributed by atoms with Crippen molar-refractivity contribution in [2.75, 3.05) is 0 Å². The topological polar surface area (TPSA) is 24.7 Å². The van der Waals surface area contributed by atoms with Crippen molar-refractivity contribution in [2.45, 2.75) is 12.5 Å². The Kier molecular flexibility index (Phi) is 1.98. The van der Waals surface area contributed by atoms with Gasteiger partial charge in [0.1, 0.15) is 6.04 Å². The quantitative estimate of drug-likeness (QED) is 0.605. The Balaban J connectivity index is 2.13.